The lowest BCUT2D eigenvalue weighted by molar-refractivity contribution is 0.0841. The van der Waals surface area contributed by atoms with Gasteiger partial charge in [0.15, 0.2) is 11.6 Å². The first kappa shape index (κ1) is 13.5. The second kappa shape index (κ2) is 4.78. The number of benzene rings is 2. The quantitative estimate of drug-likeness (QED) is 0.672. The molecule has 3 nitrogen and oxygen atoms in total. The van der Waals surface area contributed by atoms with Crippen LogP contribution in [0, 0.1) is 0 Å². The summed E-state index contributed by atoms with van der Waals surface area (Å²) in [7, 11) is 0. The number of rotatable bonds is 1. The number of Topliss-reactive ketones (excluding diaryl/α,β-unsaturated/α-hetero) is 2. The summed E-state index contributed by atoms with van der Waals surface area (Å²) in [6.45, 7) is 0. The van der Waals surface area contributed by atoms with Crippen molar-refractivity contribution in [1.29, 1.82) is 0 Å². The minimum atomic E-state index is -0.370. The van der Waals surface area contributed by atoms with Crippen molar-refractivity contribution in [2.45, 2.75) is 17.8 Å². The van der Waals surface area contributed by atoms with E-state index in [9.17, 15) is 9.59 Å². The summed E-state index contributed by atoms with van der Waals surface area (Å²) in [5, 5.41) is 0. The third kappa shape index (κ3) is 1.61. The first-order chi connectivity index (χ1) is 11.8. The molecule has 0 N–H and O–H groups in total. The van der Waals surface area contributed by atoms with Gasteiger partial charge in [-0.15, -0.1) is 0 Å². The van der Waals surface area contributed by atoms with Crippen molar-refractivity contribution >= 4 is 11.6 Å². The average molecular weight is 314 g/mol. The van der Waals surface area contributed by atoms with Gasteiger partial charge in [0.25, 0.3) is 0 Å². The third-order valence-electron chi connectivity index (χ3n) is 5.28. The smallest absolute Gasteiger partial charge is 0.171 e. The molecule has 5 rings (SSSR count). The Hall–Kier alpha value is -2.94. The number of furan rings is 1. The average Bonchev–Trinajstić information content (AvgIpc) is 3.15. The van der Waals surface area contributed by atoms with E-state index in [1.165, 1.54) is 0 Å². The Kier molecular flexibility index (Phi) is 2.69. The van der Waals surface area contributed by atoms with Gasteiger partial charge in [-0.1, -0.05) is 48.5 Å². The van der Waals surface area contributed by atoms with E-state index in [1.807, 2.05) is 60.7 Å². The number of carbonyl (C=O) groups is 2. The van der Waals surface area contributed by atoms with E-state index in [0.717, 1.165) is 11.1 Å². The molecule has 1 aromatic heterocycles. The molecule has 2 aromatic carbocycles. The maximum absolute atomic E-state index is 13.2. The summed E-state index contributed by atoms with van der Waals surface area (Å²) in [5.41, 5.74) is 2.97. The molecule has 116 valence electrons. The Labute approximate surface area is 138 Å². The van der Waals surface area contributed by atoms with Crippen molar-refractivity contribution in [2.75, 3.05) is 0 Å². The van der Waals surface area contributed by atoms with E-state index in [0.29, 0.717) is 16.9 Å². The van der Waals surface area contributed by atoms with Crippen molar-refractivity contribution in [2.24, 2.45) is 0 Å². The van der Waals surface area contributed by atoms with Crippen LogP contribution in [0.1, 0.15) is 55.4 Å². The largest absolute Gasteiger partial charge is 0.469 e. The van der Waals surface area contributed by atoms with Crippen LogP contribution in [0.25, 0.3) is 0 Å². The summed E-state index contributed by atoms with van der Waals surface area (Å²) in [5.74, 6) is -0.165. The first-order valence-electron chi connectivity index (χ1n) is 8.07. The van der Waals surface area contributed by atoms with Crippen LogP contribution in [-0.2, 0) is 0 Å². The van der Waals surface area contributed by atoms with Gasteiger partial charge in [0.05, 0.1) is 18.1 Å². The fourth-order valence-corrected chi connectivity index (χ4v) is 4.32. The molecule has 2 bridgehead atoms. The van der Waals surface area contributed by atoms with Crippen molar-refractivity contribution in [3.63, 3.8) is 0 Å². The van der Waals surface area contributed by atoms with E-state index in [4.69, 9.17) is 4.42 Å². The van der Waals surface area contributed by atoms with Crippen LogP contribution in [0.2, 0.25) is 0 Å². The fourth-order valence-electron chi connectivity index (χ4n) is 4.32. The summed E-state index contributed by atoms with van der Waals surface area (Å²) >= 11 is 0. The van der Waals surface area contributed by atoms with E-state index >= 15 is 0 Å². The molecule has 2 unspecified atom stereocenters. The molecule has 2 aliphatic carbocycles. The summed E-state index contributed by atoms with van der Waals surface area (Å²) in [4.78, 5) is 26.5. The normalized spacial score (nSPS) is 24.4. The molecule has 2 atom stereocenters. The molecule has 2 aliphatic rings. The molecule has 3 heteroatoms. The number of hydrogen-bond donors (Lipinski definition) is 0. The Balaban J connectivity index is 1.85. The minimum absolute atomic E-state index is 0.0724. The lowest BCUT2D eigenvalue weighted by Crippen LogP contribution is -2.40. The van der Waals surface area contributed by atoms with Gasteiger partial charge in [-0.3, -0.25) is 9.59 Å². The zero-order valence-corrected chi connectivity index (χ0v) is 12.8. The predicted octanol–water partition coefficient (Wildman–Crippen LogP) is 4.32. The molecule has 0 amide bonds. The summed E-state index contributed by atoms with van der Waals surface area (Å²) in [6, 6.07) is 18.6. The molecule has 0 saturated heterocycles. The molecule has 0 fully saturated rings. The molecular formula is C21H14O3. The highest BCUT2D eigenvalue weighted by atomic mass is 16.3. The maximum Gasteiger partial charge on any atom is 0.171 e. The van der Waals surface area contributed by atoms with Crippen LogP contribution >= 0.6 is 0 Å². The predicted molar refractivity (Wildman–Crippen MR) is 88.5 cm³/mol. The van der Waals surface area contributed by atoms with Gasteiger partial charge < -0.3 is 4.42 Å². The molecule has 3 aromatic rings. The Bertz CT molecular complexity index is 905. The number of fused-ring (bicyclic) bond motifs is 6. The highest BCUT2D eigenvalue weighted by Crippen LogP contribution is 2.55. The molecule has 0 spiro atoms. The number of hydrogen-bond acceptors (Lipinski definition) is 3. The van der Waals surface area contributed by atoms with Crippen LogP contribution in [0.15, 0.2) is 71.3 Å². The van der Waals surface area contributed by atoms with Crippen molar-refractivity contribution < 1.29 is 14.0 Å². The highest BCUT2D eigenvalue weighted by molar-refractivity contribution is 6.14. The zero-order valence-electron chi connectivity index (χ0n) is 12.8. The zero-order chi connectivity index (χ0) is 16.3. The lowest BCUT2D eigenvalue weighted by atomic mass is 9.58. The standard InChI is InChI=1S/C21H14O3/c22-20-14-8-3-1-6-12(14)17-19(16-10-5-11-24-16)18(20)13-7-2-4-9-15(13)21(17)23/h1-11,17-19H. The van der Waals surface area contributed by atoms with Gasteiger partial charge in [-0.25, -0.2) is 0 Å². The van der Waals surface area contributed by atoms with Crippen LogP contribution < -0.4 is 0 Å². The number of ketones is 2. The van der Waals surface area contributed by atoms with Gasteiger partial charge in [0, 0.05) is 17.0 Å². The lowest BCUT2D eigenvalue weighted by Gasteiger charge is -2.41. The van der Waals surface area contributed by atoms with Crippen LogP contribution in [0.5, 0.6) is 0 Å². The Morgan fingerprint density at radius 1 is 0.667 bits per heavy atom. The maximum atomic E-state index is 13.2. The molecule has 0 radical (unpaired) electrons. The van der Waals surface area contributed by atoms with Crippen LogP contribution in [-0.4, -0.2) is 11.6 Å². The van der Waals surface area contributed by atoms with Crippen molar-refractivity contribution in [3.05, 3.63) is 94.9 Å². The van der Waals surface area contributed by atoms with Gasteiger partial charge in [-0.05, 0) is 23.3 Å². The van der Waals surface area contributed by atoms with Crippen molar-refractivity contribution in [1.82, 2.24) is 0 Å². The summed E-state index contributed by atoms with van der Waals surface area (Å²) in [6.07, 6.45) is 1.60. The van der Waals surface area contributed by atoms with Crippen molar-refractivity contribution in [3.8, 4) is 0 Å². The van der Waals surface area contributed by atoms with E-state index < -0.39 is 0 Å². The van der Waals surface area contributed by atoms with Crippen LogP contribution in [0.3, 0.4) is 0 Å². The molecule has 1 heterocycles. The second-order valence-electron chi connectivity index (χ2n) is 6.40. The topological polar surface area (TPSA) is 47.3 Å². The van der Waals surface area contributed by atoms with Crippen LogP contribution in [0.4, 0.5) is 0 Å². The van der Waals surface area contributed by atoms with Gasteiger partial charge in [0.2, 0.25) is 0 Å². The third-order valence-corrected chi connectivity index (χ3v) is 5.28. The van der Waals surface area contributed by atoms with Gasteiger partial charge in [-0.2, -0.15) is 0 Å². The van der Waals surface area contributed by atoms with E-state index in [-0.39, 0.29) is 29.3 Å². The molecule has 0 saturated carbocycles. The fraction of sp³-hybridized carbons (Fsp3) is 0.143. The summed E-state index contributed by atoms with van der Waals surface area (Å²) < 4.78 is 5.63. The second-order valence-corrected chi connectivity index (χ2v) is 6.40. The monoisotopic (exact) mass is 314 g/mol. The molecule has 0 aliphatic heterocycles. The molecule has 24 heavy (non-hydrogen) atoms. The van der Waals surface area contributed by atoms with E-state index in [2.05, 4.69) is 0 Å². The molecular weight excluding hydrogens is 300 g/mol. The van der Waals surface area contributed by atoms with Gasteiger partial charge >= 0.3 is 0 Å². The highest BCUT2D eigenvalue weighted by Gasteiger charge is 2.52. The Morgan fingerprint density at radius 2 is 1.21 bits per heavy atom. The minimum Gasteiger partial charge on any atom is -0.469 e. The van der Waals surface area contributed by atoms with Gasteiger partial charge in [0.1, 0.15) is 5.76 Å². The Morgan fingerprint density at radius 3 is 1.71 bits per heavy atom. The first-order valence-corrected chi connectivity index (χ1v) is 8.07. The van der Waals surface area contributed by atoms with E-state index in [1.54, 1.807) is 6.26 Å². The SMILES string of the molecule is O=C1c2ccccc2C2C(=O)c3ccccc3C1C2c1ccco1. The number of carbonyl (C=O) groups excluding carboxylic acids is 2.